The average Bonchev–Trinajstić information content (AvgIpc) is 3.24. The van der Waals surface area contributed by atoms with E-state index >= 15 is 0 Å². The fraction of sp³-hybridized carbons (Fsp3) is 0.688. The van der Waals surface area contributed by atoms with Gasteiger partial charge in [0.2, 0.25) is 11.8 Å². The van der Waals surface area contributed by atoms with E-state index < -0.39 is 0 Å². The molecule has 1 amide bonds. The molecule has 2 atom stereocenters. The SMILES string of the molecule is CCc1cnc(CN(C(C)=O)[C@H]2CCN([C@@H]3CCOC3=O)C2)o1. The predicted octanol–water partition coefficient (Wildman–Crippen LogP) is 0.975. The van der Waals surface area contributed by atoms with Gasteiger partial charge < -0.3 is 14.1 Å². The number of nitrogens with zero attached hydrogens (tertiary/aromatic N) is 3. The van der Waals surface area contributed by atoms with Crippen LogP contribution in [0.2, 0.25) is 0 Å². The Morgan fingerprint density at radius 3 is 2.91 bits per heavy atom. The lowest BCUT2D eigenvalue weighted by Crippen LogP contribution is -2.43. The summed E-state index contributed by atoms with van der Waals surface area (Å²) in [6.45, 7) is 5.94. The van der Waals surface area contributed by atoms with Crippen molar-refractivity contribution in [2.75, 3.05) is 19.7 Å². The first kappa shape index (κ1) is 16.0. The summed E-state index contributed by atoms with van der Waals surface area (Å²) in [5.74, 6) is 1.25. The van der Waals surface area contributed by atoms with Crippen molar-refractivity contribution in [1.29, 1.82) is 0 Å². The number of ether oxygens (including phenoxy) is 1. The molecular weight excluding hydrogens is 298 g/mol. The first-order valence-electron chi connectivity index (χ1n) is 8.20. The third kappa shape index (κ3) is 3.39. The van der Waals surface area contributed by atoms with Crippen LogP contribution in [0.5, 0.6) is 0 Å². The fourth-order valence-corrected chi connectivity index (χ4v) is 3.35. The van der Waals surface area contributed by atoms with Crippen LogP contribution in [0.1, 0.15) is 38.3 Å². The Balaban J connectivity index is 1.65. The van der Waals surface area contributed by atoms with Crippen LogP contribution in [0.25, 0.3) is 0 Å². The van der Waals surface area contributed by atoms with E-state index in [1.165, 1.54) is 0 Å². The van der Waals surface area contributed by atoms with Gasteiger partial charge in [0.15, 0.2) is 0 Å². The van der Waals surface area contributed by atoms with Gasteiger partial charge in [0.25, 0.3) is 0 Å². The highest BCUT2D eigenvalue weighted by molar-refractivity contribution is 5.77. The molecule has 1 aromatic heterocycles. The van der Waals surface area contributed by atoms with E-state index in [-0.39, 0.29) is 24.0 Å². The lowest BCUT2D eigenvalue weighted by atomic mass is 10.2. The number of aryl methyl sites for hydroxylation is 1. The van der Waals surface area contributed by atoms with E-state index in [1.807, 2.05) is 6.92 Å². The molecular formula is C16H23N3O4. The van der Waals surface area contributed by atoms with Crippen molar-refractivity contribution in [1.82, 2.24) is 14.8 Å². The molecule has 0 aliphatic carbocycles. The number of carbonyl (C=O) groups is 2. The second-order valence-electron chi connectivity index (χ2n) is 6.13. The van der Waals surface area contributed by atoms with Gasteiger partial charge in [-0.05, 0) is 6.42 Å². The van der Waals surface area contributed by atoms with Crippen molar-refractivity contribution in [3.63, 3.8) is 0 Å². The number of hydrogen-bond acceptors (Lipinski definition) is 6. The zero-order valence-corrected chi connectivity index (χ0v) is 13.7. The quantitative estimate of drug-likeness (QED) is 0.752. The summed E-state index contributed by atoms with van der Waals surface area (Å²) in [7, 11) is 0. The van der Waals surface area contributed by atoms with Crippen LogP contribution in [0.15, 0.2) is 10.6 Å². The molecule has 7 heteroatoms. The van der Waals surface area contributed by atoms with Crippen LogP contribution in [0.4, 0.5) is 0 Å². The summed E-state index contributed by atoms with van der Waals surface area (Å²) < 4.78 is 10.7. The molecule has 23 heavy (non-hydrogen) atoms. The Kier molecular flexibility index (Phi) is 4.66. The Morgan fingerprint density at radius 2 is 2.30 bits per heavy atom. The van der Waals surface area contributed by atoms with Crippen molar-refractivity contribution in [3.8, 4) is 0 Å². The zero-order chi connectivity index (χ0) is 16.4. The van der Waals surface area contributed by atoms with Gasteiger partial charge >= 0.3 is 5.97 Å². The lowest BCUT2D eigenvalue weighted by molar-refractivity contribution is -0.142. The summed E-state index contributed by atoms with van der Waals surface area (Å²) in [6.07, 6.45) is 4.09. The minimum atomic E-state index is -0.151. The standard InChI is InChI=1S/C16H23N3O4/c1-3-13-8-17-15(23-13)10-19(11(2)20)12-4-6-18(9-12)14-5-7-22-16(14)21/h8,12,14H,3-7,9-10H2,1-2H3/t12-,14+/m0/s1. The van der Waals surface area contributed by atoms with Gasteiger partial charge in [0, 0.05) is 38.9 Å². The molecule has 3 rings (SSSR count). The third-order valence-electron chi connectivity index (χ3n) is 4.64. The molecule has 0 spiro atoms. The van der Waals surface area contributed by atoms with Gasteiger partial charge in [-0.1, -0.05) is 6.92 Å². The summed E-state index contributed by atoms with van der Waals surface area (Å²) >= 11 is 0. The minimum Gasteiger partial charge on any atom is -0.464 e. The van der Waals surface area contributed by atoms with Crippen LogP contribution in [0.3, 0.4) is 0 Å². The van der Waals surface area contributed by atoms with Crippen LogP contribution < -0.4 is 0 Å². The van der Waals surface area contributed by atoms with Crippen LogP contribution >= 0.6 is 0 Å². The summed E-state index contributed by atoms with van der Waals surface area (Å²) in [6, 6.07) is -0.0693. The highest BCUT2D eigenvalue weighted by atomic mass is 16.5. The van der Waals surface area contributed by atoms with E-state index in [0.29, 0.717) is 25.6 Å². The molecule has 1 aromatic rings. The van der Waals surface area contributed by atoms with E-state index in [9.17, 15) is 9.59 Å². The Bertz CT molecular complexity index is 586. The second kappa shape index (κ2) is 6.70. The van der Waals surface area contributed by atoms with E-state index in [1.54, 1.807) is 18.0 Å². The third-order valence-corrected chi connectivity index (χ3v) is 4.64. The molecule has 0 N–H and O–H groups in total. The maximum Gasteiger partial charge on any atom is 0.323 e. The maximum atomic E-state index is 12.1. The van der Waals surface area contributed by atoms with Gasteiger partial charge in [-0.3, -0.25) is 14.5 Å². The van der Waals surface area contributed by atoms with Crippen LogP contribution in [-0.2, 0) is 27.3 Å². The number of aromatic nitrogens is 1. The van der Waals surface area contributed by atoms with Gasteiger partial charge in [-0.15, -0.1) is 0 Å². The van der Waals surface area contributed by atoms with Crippen LogP contribution in [-0.4, -0.2) is 58.4 Å². The lowest BCUT2D eigenvalue weighted by Gasteiger charge is -2.27. The number of cyclic esters (lactones) is 1. The van der Waals surface area contributed by atoms with Gasteiger partial charge in [-0.2, -0.15) is 0 Å². The van der Waals surface area contributed by atoms with Gasteiger partial charge in [0.1, 0.15) is 11.8 Å². The summed E-state index contributed by atoms with van der Waals surface area (Å²) in [5.41, 5.74) is 0. The molecule has 0 radical (unpaired) electrons. The monoisotopic (exact) mass is 321 g/mol. The molecule has 2 aliphatic rings. The molecule has 7 nitrogen and oxygen atoms in total. The topological polar surface area (TPSA) is 75.9 Å². The number of amides is 1. The van der Waals surface area contributed by atoms with Crippen LogP contribution in [0, 0.1) is 0 Å². The smallest absolute Gasteiger partial charge is 0.323 e. The zero-order valence-electron chi connectivity index (χ0n) is 13.7. The number of likely N-dealkylation sites (tertiary alicyclic amines) is 1. The maximum absolute atomic E-state index is 12.1. The van der Waals surface area contributed by atoms with Crippen molar-refractivity contribution in [2.45, 2.75) is 51.7 Å². The first-order chi connectivity index (χ1) is 11.1. The molecule has 3 heterocycles. The number of rotatable bonds is 5. The minimum absolute atomic E-state index is 0.00194. The molecule has 0 aromatic carbocycles. The summed E-state index contributed by atoms with van der Waals surface area (Å²) in [5, 5.41) is 0. The van der Waals surface area contributed by atoms with Crippen molar-refractivity contribution in [2.24, 2.45) is 0 Å². The molecule has 0 bridgehead atoms. The molecule has 0 unspecified atom stereocenters. The highest BCUT2D eigenvalue weighted by Crippen LogP contribution is 2.24. The molecule has 2 aliphatic heterocycles. The molecule has 126 valence electrons. The van der Waals surface area contributed by atoms with E-state index in [4.69, 9.17) is 9.15 Å². The van der Waals surface area contributed by atoms with E-state index in [2.05, 4.69) is 9.88 Å². The number of oxazole rings is 1. The molecule has 2 saturated heterocycles. The van der Waals surface area contributed by atoms with Gasteiger partial charge in [0.05, 0.1) is 19.3 Å². The van der Waals surface area contributed by atoms with E-state index in [0.717, 1.165) is 31.6 Å². The highest BCUT2D eigenvalue weighted by Gasteiger charge is 2.39. The first-order valence-corrected chi connectivity index (χ1v) is 8.20. The normalized spacial score (nSPS) is 24.9. The molecule has 0 saturated carbocycles. The Morgan fingerprint density at radius 1 is 1.48 bits per heavy atom. The fourth-order valence-electron chi connectivity index (χ4n) is 3.35. The predicted molar refractivity (Wildman–Crippen MR) is 81.4 cm³/mol. The second-order valence-corrected chi connectivity index (χ2v) is 6.13. The number of carbonyl (C=O) groups excluding carboxylic acids is 2. The Hall–Kier alpha value is -1.89. The van der Waals surface area contributed by atoms with Crippen molar-refractivity contribution < 1.29 is 18.7 Å². The summed E-state index contributed by atoms with van der Waals surface area (Å²) in [4.78, 5) is 31.9. The number of hydrogen-bond donors (Lipinski definition) is 0. The largest absolute Gasteiger partial charge is 0.464 e. The average molecular weight is 321 g/mol. The molecule has 2 fully saturated rings. The van der Waals surface area contributed by atoms with Gasteiger partial charge in [-0.25, -0.2) is 4.98 Å². The van der Waals surface area contributed by atoms with Crippen molar-refractivity contribution in [3.05, 3.63) is 17.8 Å². The number of esters is 1. The van der Waals surface area contributed by atoms with Crippen molar-refractivity contribution >= 4 is 11.9 Å². The Labute approximate surface area is 135 Å².